The van der Waals surface area contributed by atoms with Crippen molar-refractivity contribution in [1.82, 2.24) is 4.57 Å². The quantitative estimate of drug-likeness (QED) is 0.809. The Balaban J connectivity index is 2.31. The summed E-state index contributed by atoms with van der Waals surface area (Å²) in [4.78, 5) is 11.2. The van der Waals surface area contributed by atoms with Gasteiger partial charge < -0.3 is 15.0 Å². The molecule has 1 aromatic heterocycles. The van der Waals surface area contributed by atoms with Crippen LogP contribution in [0.1, 0.15) is 5.56 Å². The van der Waals surface area contributed by atoms with Gasteiger partial charge in [0.15, 0.2) is 0 Å². The van der Waals surface area contributed by atoms with Crippen molar-refractivity contribution in [2.45, 2.75) is 13.0 Å². The smallest absolute Gasteiger partial charge is 0.325 e. The predicted molar refractivity (Wildman–Crippen MR) is 66.7 cm³/mol. The minimum atomic E-state index is -0.242. The number of benzene rings is 1. The molecule has 0 saturated heterocycles. The van der Waals surface area contributed by atoms with Gasteiger partial charge in [-0.1, -0.05) is 6.07 Å². The van der Waals surface area contributed by atoms with E-state index < -0.39 is 0 Å². The largest absolute Gasteiger partial charge is 0.468 e. The van der Waals surface area contributed by atoms with Crippen LogP contribution in [0.15, 0.2) is 30.5 Å². The van der Waals surface area contributed by atoms with E-state index in [-0.39, 0.29) is 12.5 Å². The van der Waals surface area contributed by atoms with Gasteiger partial charge in [-0.05, 0) is 42.1 Å². The first-order valence-electron chi connectivity index (χ1n) is 5.59. The Labute approximate surface area is 100.0 Å². The van der Waals surface area contributed by atoms with Gasteiger partial charge in [0.05, 0.1) is 7.11 Å². The fourth-order valence-corrected chi connectivity index (χ4v) is 1.91. The van der Waals surface area contributed by atoms with Gasteiger partial charge in [-0.25, -0.2) is 0 Å². The maximum Gasteiger partial charge on any atom is 0.325 e. The second-order valence-corrected chi connectivity index (χ2v) is 3.95. The number of aromatic nitrogens is 1. The van der Waals surface area contributed by atoms with Crippen molar-refractivity contribution in [1.29, 1.82) is 0 Å². The number of esters is 1. The first-order valence-corrected chi connectivity index (χ1v) is 5.59. The number of fused-ring (bicyclic) bond motifs is 1. The zero-order valence-corrected chi connectivity index (χ0v) is 9.85. The van der Waals surface area contributed by atoms with Crippen molar-refractivity contribution in [2.24, 2.45) is 5.73 Å². The molecule has 2 N–H and O–H groups in total. The van der Waals surface area contributed by atoms with Gasteiger partial charge in [0.1, 0.15) is 6.54 Å². The first kappa shape index (κ1) is 11.7. The molecule has 2 rings (SSSR count). The number of ether oxygens (including phenoxy) is 1. The molecule has 0 unspecified atom stereocenters. The van der Waals surface area contributed by atoms with Gasteiger partial charge in [-0.3, -0.25) is 4.79 Å². The summed E-state index contributed by atoms with van der Waals surface area (Å²) < 4.78 is 6.54. The second kappa shape index (κ2) is 5.01. The number of methoxy groups -OCH3 is 1. The molecule has 0 aliphatic carbocycles. The van der Waals surface area contributed by atoms with Crippen LogP contribution in [0.3, 0.4) is 0 Å². The fourth-order valence-electron chi connectivity index (χ4n) is 1.91. The maximum absolute atomic E-state index is 11.2. The summed E-state index contributed by atoms with van der Waals surface area (Å²) in [5.74, 6) is -0.242. The SMILES string of the molecule is COC(=O)Cn1ccc2cc(CCN)ccc21. The number of rotatable bonds is 4. The summed E-state index contributed by atoms with van der Waals surface area (Å²) in [6.07, 6.45) is 2.77. The number of hydrogen-bond acceptors (Lipinski definition) is 3. The van der Waals surface area contributed by atoms with E-state index in [0.29, 0.717) is 6.54 Å². The Morgan fingerprint density at radius 2 is 2.24 bits per heavy atom. The zero-order chi connectivity index (χ0) is 12.3. The summed E-state index contributed by atoms with van der Waals surface area (Å²) in [6, 6.07) is 8.17. The summed E-state index contributed by atoms with van der Waals surface area (Å²) in [5.41, 5.74) is 7.78. The van der Waals surface area contributed by atoms with Crippen molar-refractivity contribution in [2.75, 3.05) is 13.7 Å². The number of hydrogen-bond donors (Lipinski definition) is 1. The molecule has 1 heterocycles. The lowest BCUT2D eigenvalue weighted by Crippen LogP contribution is -2.10. The van der Waals surface area contributed by atoms with Crippen LogP contribution in [0, 0.1) is 0 Å². The standard InChI is InChI=1S/C13H16N2O2/c1-17-13(16)9-15-7-5-11-8-10(4-6-14)2-3-12(11)15/h2-3,5,7-8H,4,6,9,14H2,1H3. The molecule has 90 valence electrons. The molecule has 0 spiro atoms. The third-order valence-electron chi connectivity index (χ3n) is 2.80. The van der Waals surface area contributed by atoms with Crippen LogP contribution >= 0.6 is 0 Å². The average Bonchev–Trinajstić information content (AvgIpc) is 2.72. The Kier molecular flexibility index (Phi) is 3.44. The van der Waals surface area contributed by atoms with Gasteiger partial charge in [0, 0.05) is 11.7 Å². The molecule has 0 bridgehead atoms. The highest BCUT2D eigenvalue weighted by atomic mass is 16.5. The molecule has 0 atom stereocenters. The van der Waals surface area contributed by atoms with E-state index in [1.807, 2.05) is 29.0 Å². The lowest BCUT2D eigenvalue weighted by Gasteiger charge is -2.04. The van der Waals surface area contributed by atoms with Crippen LogP contribution in [0.2, 0.25) is 0 Å². The lowest BCUT2D eigenvalue weighted by molar-refractivity contribution is -0.141. The fraction of sp³-hybridized carbons (Fsp3) is 0.308. The molecular weight excluding hydrogens is 216 g/mol. The molecule has 0 amide bonds. The van der Waals surface area contributed by atoms with Crippen molar-refractivity contribution < 1.29 is 9.53 Å². The third-order valence-corrected chi connectivity index (χ3v) is 2.80. The zero-order valence-electron chi connectivity index (χ0n) is 9.85. The molecule has 2 aromatic rings. The molecule has 0 radical (unpaired) electrons. The van der Waals surface area contributed by atoms with Crippen molar-refractivity contribution >= 4 is 16.9 Å². The van der Waals surface area contributed by atoms with Crippen LogP contribution in [0.25, 0.3) is 10.9 Å². The van der Waals surface area contributed by atoms with Gasteiger partial charge >= 0.3 is 5.97 Å². The Bertz CT molecular complexity index is 531. The molecular formula is C13H16N2O2. The molecule has 1 aromatic carbocycles. The molecule has 0 aliphatic rings. The summed E-state index contributed by atoms with van der Waals surface area (Å²) in [7, 11) is 1.40. The minimum Gasteiger partial charge on any atom is -0.468 e. The highest BCUT2D eigenvalue weighted by Gasteiger charge is 2.06. The van der Waals surface area contributed by atoms with Crippen LogP contribution in [-0.4, -0.2) is 24.2 Å². The van der Waals surface area contributed by atoms with Crippen molar-refractivity contribution in [3.63, 3.8) is 0 Å². The molecule has 4 nitrogen and oxygen atoms in total. The molecule has 0 saturated carbocycles. The Hall–Kier alpha value is -1.81. The van der Waals surface area contributed by atoms with Gasteiger partial charge in [-0.2, -0.15) is 0 Å². The van der Waals surface area contributed by atoms with Gasteiger partial charge in [0.25, 0.3) is 0 Å². The number of nitrogens with two attached hydrogens (primary N) is 1. The van der Waals surface area contributed by atoms with E-state index in [1.54, 1.807) is 0 Å². The Morgan fingerprint density at radius 1 is 1.41 bits per heavy atom. The number of carbonyl (C=O) groups is 1. The normalized spacial score (nSPS) is 10.7. The van der Waals surface area contributed by atoms with Crippen LogP contribution < -0.4 is 5.73 Å². The monoisotopic (exact) mass is 232 g/mol. The van der Waals surface area contributed by atoms with Crippen molar-refractivity contribution in [3.05, 3.63) is 36.0 Å². The van der Waals surface area contributed by atoms with E-state index in [0.717, 1.165) is 17.3 Å². The maximum atomic E-state index is 11.2. The summed E-state index contributed by atoms with van der Waals surface area (Å²) in [5, 5.41) is 1.12. The van der Waals surface area contributed by atoms with Crippen LogP contribution in [0.5, 0.6) is 0 Å². The number of nitrogens with zero attached hydrogens (tertiary/aromatic N) is 1. The van der Waals surface area contributed by atoms with Gasteiger partial charge in [0.2, 0.25) is 0 Å². The summed E-state index contributed by atoms with van der Waals surface area (Å²) in [6.45, 7) is 0.893. The number of carbonyl (C=O) groups excluding carboxylic acids is 1. The van der Waals surface area contributed by atoms with E-state index in [2.05, 4.69) is 10.8 Å². The summed E-state index contributed by atoms with van der Waals surface area (Å²) >= 11 is 0. The third kappa shape index (κ3) is 2.47. The van der Waals surface area contributed by atoms with E-state index in [4.69, 9.17) is 5.73 Å². The minimum absolute atomic E-state index is 0.242. The average molecular weight is 232 g/mol. The topological polar surface area (TPSA) is 57.2 Å². The molecule has 4 heteroatoms. The Morgan fingerprint density at radius 3 is 2.94 bits per heavy atom. The van der Waals surface area contributed by atoms with Gasteiger partial charge in [-0.15, -0.1) is 0 Å². The molecule has 0 aliphatic heterocycles. The highest BCUT2D eigenvalue weighted by molar-refractivity contribution is 5.82. The second-order valence-electron chi connectivity index (χ2n) is 3.95. The van der Waals surface area contributed by atoms with Crippen LogP contribution in [-0.2, 0) is 22.5 Å². The first-order chi connectivity index (χ1) is 8.24. The molecule has 17 heavy (non-hydrogen) atoms. The predicted octanol–water partition coefficient (Wildman–Crippen LogP) is 1.32. The molecule has 0 fully saturated rings. The van der Waals surface area contributed by atoms with Crippen LogP contribution in [0.4, 0.5) is 0 Å². The van der Waals surface area contributed by atoms with E-state index in [9.17, 15) is 4.79 Å². The van der Waals surface area contributed by atoms with E-state index in [1.165, 1.54) is 12.7 Å². The van der Waals surface area contributed by atoms with Crippen molar-refractivity contribution in [3.8, 4) is 0 Å². The lowest BCUT2D eigenvalue weighted by atomic mass is 10.1. The van der Waals surface area contributed by atoms with E-state index >= 15 is 0 Å². The highest BCUT2D eigenvalue weighted by Crippen LogP contribution is 2.18.